The van der Waals surface area contributed by atoms with Crippen LogP contribution in [0.15, 0.2) is 60.8 Å². The first-order valence-corrected chi connectivity index (χ1v) is 8.60. The molecule has 2 aromatic carbocycles. The number of carbonyl (C=O) groups is 1. The third-order valence-electron chi connectivity index (χ3n) is 3.93. The highest BCUT2D eigenvalue weighted by Crippen LogP contribution is 2.33. The summed E-state index contributed by atoms with van der Waals surface area (Å²) in [6.07, 6.45) is 1.70. The van der Waals surface area contributed by atoms with E-state index < -0.39 is 0 Å². The van der Waals surface area contributed by atoms with Crippen molar-refractivity contribution in [3.05, 3.63) is 77.1 Å². The molecule has 0 fully saturated rings. The maximum Gasteiger partial charge on any atom is 0.255 e. The van der Waals surface area contributed by atoms with Crippen LogP contribution in [0.3, 0.4) is 0 Å². The van der Waals surface area contributed by atoms with E-state index in [-0.39, 0.29) is 12.7 Å². The van der Waals surface area contributed by atoms with Crippen LogP contribution < -0.4 is 19.5 Å². The van der Waals surface area contributed by atoms with Crippen LogP contribution in [-0.4, -0.2) is 17.7 Å². The smallest absolute Gasteiger partial charge is 0.255 e. The Morgan fingerprint density at radius 2 is 2.00 bits per heavy atom. The Morgan fingerprint density at radius 3 is 2.81 bits per heavy atom. The number of rotatable bonds is 5. The highest BCUT2D eigenvalue weighted by molar-refractivity contribution is 6.32. The number of hydrogen-bond acceptors (Lipinski definition) is 5. The second-order valence-electron chi connectivity index (χ2n) is 5.78. The van der Waals surface area contributed by atoms with E-state index in [0.717, 1.165) is 5.69 Å². The molecule has 0 saturated carbocycles. The molecule has 4 rings (SSSR count). The Hall–Kier alpha value is -3.25. The third kappa shape index (κ3) is 3.96. The summed E-state index contributed by atoms with van der Waals surface area (Å²) in [6.45, 7) is 0.472. The molecule has 0 saturated heterocycles. The summed E-state index contributed by atoms with van der Waals surface area (Å²) in [4.78, 5) is 16.6. The average Bonchev–Trinajstić information content (AvgIpc) is 3.16. The molecule has 7 heteroatoms. The van der Waals surface area contributed by atoms with Gasteiger partial charge < -0.3 is 19.5 Å². The van der Waals surface area contributed by atoms with Gasteiger partial charge in [0.25, 0.3) is 5.91 Å². The van der Waals surface area contributed by atoms with Gasteiger partial charge in [0.15, 0.2) is 11.5 Å². The van der Waals surface area contributed by atoms with E-state index in [1.165, 1.54) is 0 Å². The zero-order valence-electron chi connectivity index (χ0n) is 14.1. The lowest BCUT2D eigenvalue weighted by atomic mass is 10.2. The number of hydrogen-bond donors (Lipinski definition) is 1. The highest BCUT2D eigenvalue weighted by atomic mass is 35.5. The van der Waals surface area contributed by atoms with Crippen molar-refractivity contribution in [2.24, 2.45) is 0 Å². The van der Waals surface area contributed by atoms with E-state index in [0.29, 0.717) is 40.1 Å². The van der Waals surface area contributed by atoms with Gasteiger partial charge in [0.05, 0.1) is 10.7 Å². The fourth-order valence-electron chi connectivity index (χ4n) is 2.57. The Kier molecular flexibility index (Phi) is 4.80. The van der Waals surface area contributed by atoms with Crippen molar-refractivity contribution in [1.82, 2.24) is 4.98 Å². The lowest BCUT2D eigenvalue weighted by Crippen LogP contribution is -2.11. The Balaban J connectivity index is 1.42. The molecular formula is C20H15ClN2O4. The summed E-state index contributed by atoms with van der Waals surface area (Å²) in [5.41, 5.74) is 1.83. The van der Waals surface area contributed by atoms with Crippen molar-refractivity contribution in [2.45, 2.75) is 6.61 Å². The first kappa shape index (κ1) is 17.2. The second-order valence-corrected chi connectivity index (χ2v) is 6.18. The van der Waals surface area contributed by atoms with Crippen LogP contribution in [0.2, 0.25) is 5.02 Å². The molecule has 1 N–H and O–H groups in total. The van der Waals surface area contributed by atoms with Crippen LogP contribution in [-0.2, 0) is 6.61 Å². The first-order valence-electron chi connectivity index (χ1n) is 8.22. The van der Waals surface area contributed by atoms with Crippen molar-refractivity contribution < 1.29 is 19.0 Å². The molecule has 0 unspecified atom stereocenters. The number of anilines is 1. The monoisotopic (exact) mass is 382 g/mol. The molecule has 27 heavy (non-hydrogen) atoms. The minimum atomic E-state index is -0.272. The van der Waals surface area contributed by atoms with E-state index >= 15 is 0 Å². The molecule has 1 amide bonds. The number of carbonyl (C=O) groups excluding carboxylic acids is 1. The molecule has 0 spiro atoms. The summed E-state index contributed by atoms with van der Waals surface area (Å²) >= 11 is 6.27. The molecule has 0 radical (unpaired) electrons. The summed E-state index contributed by atoms with van der Waals surface area (Å²) in [5.74, 6) is 1.43. The Morgan fingerprint density at radius 1 is 1.11 bits per heavy atom. The Labute approximate surface area is 160 Å². The minimum Gasteiger partial charge on any atom is -0.486 e. The van der Waals surface area contributed by atoms with Gasteiger partial charge in [-0.25, -0.2) is 0 Å². The van der Waals surface area contributed by atoms with Gasteiger partial charge in [-0.2, -0.15) is 0 Å². The topological polar surface area (TPSA) is 69.7 Å². The van der Waals surface area contributed by atoms with Crippen LogP contribution in [0.4, 0.5) is 5.69 Å². The summed E-state index contributed by atoms with van der Waals surface area (Å²) in [6, 6.07) is 15.7. The van der Waals surface area contributed by atoms with Gasteiger partial charge in [-0.15, -0.1) is 0 Å². The molecule has 2 heterocycles. The normalized spacial score (nSPS) is 11.9. The number of nitrogens with zero attached hydrogens (tertiary/aromatic N) is 1. The molecule has 6 nitrogen and oxygen atoms in total. The lowest BCUT2D eigenvalue weighted by Gasteiger charge is -2.10. The molecule has 0 aliphatic carbocycles. The zero-order chi connectivity index (χ0) is 18.6. The van der Waals surface area contributed by atoms with Gasteiger partial charge in [0, 0.05) is 17.4 Å². The minimum absolute atomic E-state index is 0.163. The van der Waals surface area contributed by atoms with E-state index in [1.54, 1.807) is 42.6 Å². The van der Waals surface area contributed by atoms with E-state index in [9.17, 15) is 4.79 Å². The standard InChI is InChI=1S/C20H15ClN2O4/c21-16-10-14(5-7-17(16)25-11-15-3-1-2-8-22-15)23-20(24)13-4-6-18-19(9-13)27-12-26-18/h1-10H,11-12H2,(H,23,24). The number of ether oxygens (including phenoxy) is 3. The summed E-state index contributed by atoms with van der Waals surface area (Å²) in [5, 5.41) is 3.20. The number of aromatic nitrogens is 1. The Bertz CT molecular complexity index is 979. The largest absolute Gasteiger partial charge is 0.486 e. The number of halogens is 1. The molecule has 1 aliphatic heterocycles. The molecule has 136 valence electrons. The van der Waals surface area contributed by atoms with Crippen molar-refractivity contribution in [3.63, 3.8) is 0 Å². The van der Waals surface area contributed by atoms with Crippen molar-refractivity contribution in [1.29, 1.82) is 0 Å². The second kappa shape index (κ2) is 7.55. The van der Waals surface area contributed by atoms with Crippen molar-refractivity contribution >= 4 is 23.2 Å². The number of fused-ring (bicyclic) bond motifs is 1. The SMILES string of the molecule is O=C(Nc1ccc(OCc2ccccn2)c(Cl)c1)c1ccc2c(c1)OCO2. The van der Waals surface area contributed by atoms with Crippen LogP contribution in [0.5, 0.6) is 17.2 Å². The number of nitrogens with one attached hydrogen (secondary N) is 1. The van der Waals surface area contributed by atoms with Crippen LogP contribution in [0.1, 0.15) is 16.1 Å². The average molecular weight is 383 g/mol. The molecule has 0 bridgehead atoms. The van der Waals surface area contributed by atoms with Crippen molar-refractivity contribution in [3.8, 4) is 17.2 Å². The first-order chi connectivity index (χ1) is 13.2. The van der Waals surface area contributed by atoms with Gasteiger partial charge in [0.1, 0.15) is 12.4 Å². The molecular weight excluding hydrogens is 368 g/mol. The van der Waals surface area contributed by atoms with Gasteiger partial charge in [0.2, 0.25) is 6.79 Å². The lowest BCUT2D eigenvalue weighted by molar-refractivity contribution is 0.102. The summed E-state index contributed by atoms with van der Waals surface area (Å²) < 4.78 is 16.2. The molecule has 3 aromatic rings. The molecule has 0 atom stereocenters. The number of pyridine rings is 1. The van der Waals surface area contributed by atoms with Gasteiger partial charge >= 0.3 is 0 Å². The van der Waals surface area contributed by atoms with Gasteiger partial charge in [-0.3, -0.25) is 9.78 Å². The van der Waals surface area contributed by atoms with Gasteiger partial charge in [-0.1, -0.05) is 17.7 Å². The van der Waals surface area contributed by atoms with Crippen LogP contribution >= 0.6 is 11.6 Å². The van der Waals surface area contributed by atoms with E-state index in [1.807, 2.05) is 18.2 Å². The highest BCUT2D eigenvalue weighted by Gasteiger charge is 2.16. The molecule has 1 aliphatic rings. The summed E-state index contributed by atoms with van der Waals surface area (Å²) in [7, 11) is 0. The van der Waals surface area contributed by atoms with Gasteiger partial charge in [-0.05, 0) is 48.5 Å². The molecule has 1 aromatic heterocycles. The third-order valence-corrected chi connectivity index (χ3v) is 4.22. The van der Waals surface area contributed by atoms with Crippen LogP contribution in [0.25, 0.3) is 0 Å². The van der Waals surface area contributed by atoms with E-state index in [4.69, 9.17) is 25.8 Å². The maximum absolute atomic E-state index is 12.4. The van der Waals surface area contributed by atoms with E-state index in [2.05, 4.69) is 10.3 Å². The predicted octanol–water partition coefficient (Wildman–Crippen LogP) is 4.30. The quantitative estimate of drug-likeness (QED) is 0.712. The number of amides is 1. The fourth-order valence-corrected chi connectivity index (χ4v) is 2.81. The predicted molar refractivity (Wildman–Crippen MR) is 101 cm³/mol. The van der Waals surface area contributed by atoms with Crippen LogP contribution in [0, 0.1) is 0 Å². The fraction of sp³-hybridized carbons (Fsp3) is 0.100. The maximum atomic E-state index is 12.4. The van der Waals surface area contributed by atoms with Crippen molar-refractivity contribution in [2.75, 3.05) is 12.1 Å². The number of benzene rings is 2. The zero-order valence-corrected chi connectivity index (χ0v) is 14.9.